The average Bonchev–Trinajstić information content (AvgIpc) is 2.82. The number of aldehydes is 1. The van der Waals surface area contributed by atoms with Gasteiger partial charge in [0.15, 0.2) is 6.29 Å². The smallest absolute Gasteiger partial charge is 0.204 e. The molecule has 0 saturated carbocycles. The molecule has 0 spiro atoms. The van der Waals surface area contributed by atoms with Crippen molar-refractivity contribution in [1.82, 2.24) is 0 Å². The number of anilines is 1. The van der Waals surface area contributed by atoms with Gasteiger partial charge in [-0.3, -0.25) is 9.59 Å². The topological polar surface area (TPSA) is 46.2 Å². The predicted octanol–water partition coefficient (Wildman–Crippen LogP) is 2.84. The fraction of sp³-hybridized carbons (Fsp3) is 0.429. The summed E-state index contributed by atoms with van der Waals surface area (Å²) in [5.41, 5.74) is 4.44. The van der Waals surface area contributed by atoms with E-state index < -0.39 is 0 Å². The molecule has 0 bridgehead atoms. The molecule has 102 valence electrons. The molecular weight excluding hydrogens is 374 g/mol. The van der Waals surface area contributed by atoms with Crippen LogP contribution in [0.15, 0.2) is 12.1 Å². The molecule has 0 amide bonds. The van der Waals surface area contributed by atoms with Crippen LogP contribution < -0.4 is 5.32 Å². The maximum atomic E-state index is 11.7. The fourth-order valence-corrected chi connectivity index (χ4v) is 3.37. The van der Waals surface area contributed by atoms with Gasteiger partial charge in [0.05, 0.1) is 5.92 Å². The number of alkyl halides is 2. The Morgan fingerprint density at radius 2 is 2.05 bits per heavy atom. The summed E-state index contributed by atoms with van der Waals surface area (Å²) in [4.78, 5) is 22.4. The number of halogens is 2. The van der Waals surface area contributed by atoms with Crippen LogP contribution in [0.5, 0.6) is 0 Å². The van der Waals surface area contributed by atoms with Gasteiger partial charge in [-0.05, 0) is 29.5 Å². The summed E-state index contributed by atoms with van der Waals surface area (Å²) in [7, 11) is 0. The van der Waals surface area contributed by atoms with Crippen LogP contribution in [0.2, 0.25) is 0 Å². The van der Waals surface area contributed by atoms with Crippen molar-refractivity contribution in [3.63, 3.8) is 0 Å². The Morgan fingerprint density at radius 1 is 1.32 bits per heavy atom. The maximum absolute atomic E-state index is 11.7. The number of ketones is 1. The molecule has 5 heteroatoms. The van der Waals surface area contributed by atoms with E-state index in [1.165, 1.54) is 11.1 Å². The Hall–Kier alpha value is -0.680. The largest absolute Gasteiger partial charge is 0.383 e. The van der Waals surface area contributed by atoms with E-state index in [9.17, 15) is 9.59 Å². The Labute approximate surface area is 129 Å². The van der Waals surface area contributed by atoms with Crippen LogP contribution in [0.4, 0.5) is 5.69 Å². The number of carbonyl (C=O) groups excluding carboxylic acids is 2. The lowest BCUT2D eigenvalue weighted by Crippen LogP contribution is -2.15. The SMILES string of the molecule is O=CC(=O)C1CNc2c(CCBr)cc(CCBr)cc21. The minimum absolute atomic E-state index is 0.322. The molecule has 3 nitrogen and oxygen atoms in total. The number of benzene rings is 1. The summed E-state index contributed by atoms with van der Waals surface area (Å²) < 4.78 is 0. The van der Waals surface area contributed by atoms with Crippen LogP contribution in [-0.4, -0.2) is 29.3 Å². The maximum Gasteiger partial charge on any atom is 0.204 e. The first-order chi connectivity index (χ1) is 9.21. The third-order valence-electron chi connectivity index (χ3n) is 3.38. The van der Waals surface area contributed by atoms with Crippen LogP contribution in [0.1, 0.15) is 22.6 Å². The number of rotatable bonds is 6. The van der Waals surface area contributed by atoms with Gasteiger partial charge >= 0.3 is 0 Å². The lowest BCUT2D eigenvalue weighted by molar-refractivity contribution is -0.130. The zero-order valence-electron chi connectivity index (χ0n) is 10.4. The number of aryl methyl sites for hydroxylation is 2. The number of nitrogens with one attached hydrogen (secondary N) is 1. The monoisotopic (exact) mass is 387 g/mol. The van der Waals surface area contributed by atoms with Crippen molar-refractivity contribution in [2.45, 2.75) is 18.8 Å². The molecule has 1 N–H and O–H groups in total. The Bertz CT molecular complexity index is 502. The highest BCUT2D eigenvalue weighted by Crippen LogP contribution is 2.36. The minimum atomic E-state index is -0.341. The highest BCUT2D eigenvalue weighted by atomic mass is 79.9. The first-order valence-electron chi connectivity index (χ1n) is 6.21. The van der Waals surface area contributed by atoms with E-state index in [2.05, 4.69) is 49.3 Å². The Morgan fingerprint density at radius 3 is 2.68 bits per heavy atom. The van der Waals surface area contributed by atoms with Crippen molar-refractivity contribution in [2.24, 2.45) is 0 Å². The molecule has 2 rings (SSSR count). The first kappa shape index (κ1) is 14.7. The molecule has 0 fully saturated rings. The predicted molar refractivity (Wildman–Crippen MR) is 83.7 cm³/mol. The summed E-state index contributed by atoms with van der Waals surface area (Å²) in [6.45, 7) is 0.528. The zero-order valence-corrected chi connectivity index (χ0v) is 13.6. The van der Waals surface area contributed by atoms with Gasteiger partial charge in [0.2, 0.25) is 5.78 Å². The highest BCUT2D eigenvalue weighted by Gasteiger charge is 2.30. The molecule has 1 heterocycles. The van der Waals surface area contributed by atoms with Gasteiger partial charge in [-0.1, -0.05) is 44.0 Å². The standard InChI is InChI=1S/C14H15Br2NO2/c15-3-1-9-5-10(2-4-16)14-11(6-9)12(7-17-14)13(19)8-18/h5-6,8,12,17H,1-4,7H2. The molecule has 1 aromatic rings. The van der Waals surface area contributed by atoms with Gasteiger partial charge in [0.1, 0.15) is 0 Å². The van der Waals surface area contributed by atoms with E-state index in [1.54, 1.807) is 0 Å². The van der Waals surface area contributed by atoms with Gasteiger partial charge < -0.3 is 5.32 Å². The van der Waals surface area contributed by atoms with Crippen molar-refractivity contribution in [1.29, 1.82) is 0 Å². The third kappa shape index (κ3) is 3.08. The summed E-state index contributed by atoms with van der Waals surface area (Å²) >= 11 is 6.90. The number of hydrogen-bond acceptors (Lipinski definition) is 3. The van der Waals surface area contributed by atoms with E-state index in [-0.39, 0.29) is 11.7 Å². The molecule has 1 unspecified atom stereocenters. The van der Waals surface area contributed by atoms with E-state index >= 15 is 0 Å². The number of hydrogen-bond donors (Lipinski definition) is 1. The van der Waals surface area contributed by atoms with E-state index in [1.807, 2.05) is 0 Å². The van der Waals surface area contributed by atoms with Crippen LogP contribution in [0, 0.1) is 0 Å². The van der Waals surface area contributed by atoms with E-state index in [0.29, 0.717) is 12.8 Å². The summed E-state index contributed by atoms with van der Waals surface area (Å²) in [6.07, 6.45) is 2.26. The summed E-state index contributed by atoms with van der Waals surface area (Å²) in [6, 6.07) is 4.24. The Kier molecular flexibility index (Phi) is 5.16. The van der Waals surface area contributed by atoms with Gasteiger partial charge in [-0.25, -0.2) is 0 Å². The lowest BCUT2D eigenvalue weighted by Gasteiger charge is -2.12. The zero-order chi connectivity index (χ0) is 13.8. The molecule has 0 radical (unpaired) electrons. The lowest BCUT2D eigenvalue weighted by atomic mass is 9.92. The molecule has 0 saturated heterocycles. The Balaban J connectivity index is 2.44. The molecule has 0 aromatic heterocycles. The highest BCUT2D eigenvalue weighted by molar-refractivity contribution is 9.09. The summed E-state index contributed by atoms with van der Waals surface area (Å²) in [5.74, 6) is -0.663. The molecule has 1 atom stereocenters. The number of Topliss-reactive ketones (excluding diaryl/α,β-unsaturated/α-hetero) is 1. The fourth-order valence-electron chi connectivity index (χ4n) is 2.49. The van der Waals surface area contributed by atoms with Crippen molar-refractivity contribution in [3.05, 3.63) is 28.8 Å². The van der Waals surface area contributed by atoms with E-state index in [4.69, 9.17) is 0 Å². The van der Waals surface area contributed by atoms with Gasteiger partial charge in [-0.2, -0.15) is 0 Å². The normalized spacial score (nSPS) is 16.8. The van der Waals surface area contributed by atoms with Gasteiger partial charge in [0.25, 0.3) is 0 Å². The quantitative estimate of drug-likeness (QED) is 0.463. The van der Waals surface area contributed by atoms with Crippen molar-refractivity contribution in [2.75, 3.05) is 22.5 Å². The van der Waals surface area contributed by atoms with Gasteiger partial charge in [0, 0.05) is 22.9 Å². The van der Waals surface area contributed by atoms with Crippen molar-refractivity contribution < 1.29 is 9.59 Å². The molecule has 1 aliphatic rings. The molecular formula is C14H15Br2NO2. The second kappa shape index (κ2) is 6.66. The van der Waals surface area contributed by atoms with Gasteiger partial charge in [-0.15, -0.1) is 0 Å². The number of fused-ring (bicyclic) bond motifs is 1. The molecule has 19 heavy (non-hydrogen) atoms. The minimum Gasteiger partial charge on any atom is -0.383 e. The second-order valence-corrected chi connectivity index (χ2v) is 6.14. The third-order valence-corrected chi connectivity index (χ3v) is 4.17. The van der Waals surface area contributed by atoms with Crippen LogP contribution >= 0.6 is 31.9 Å². The molecule has 0 aliphatic carbocycles. The van der Waals surface area contributed by atoms with Crippen LogP contribution in [0.3, 0.4) is 0 Å². The van der Waals surface area contributed by atoms with Crippen LogP contribution in [0.25, 0.3) is 0 Å². The molecule has 1 aromatic carbocycles. The van der Waals surface area contributed by atoms with Crippen LogP contribution in [-0.2, 0) is 22.4 Å². The second-order valence-electron chi connectivity index (χ2n) is 4.55. The summed E-state index contributed by atoms with van der Waals surface area (Å²) in [5, 5.41) is 5.04. The molecule has 1 aliphatic heterocycles. The first-order valence-corrected chi connectivity index (χ1v) is 8.46. The number of carbonyl (C=O) groups is 2. The van der Waals surface area contributed by atoms with Crippen molar-refractivity contribution >= 4 is 49.6 Å². The average molecular weight is 389 g/mol. The van der Waals surface area contributed by atoms with E-state index in [0.717, 1.165) is 34.8 Å². The van der Waals surface area contributed by atoms with Crippen molar-refractivity contribution in [3.8, 4) is 0 Å².